The minimum atomic E-state index is -4.39. The first-order valence-corrected chi connectivity index (χ1v) is 11.4. The van der Waals surface area contributed by atoms with Gasteiger partial charge in [-0.3, -0.25) is 9.36 Å². The Hall–Kier alpha value is -1.71. The lowest BCUT2D eigenvalue weighted by Gasteiger charge is -2.14. The lowest BCUT2D eigenvalue weighted by Crippen LogP contribution is -2.23. The van der Waals surface area contributed by atoms with Crippen LogP contribution in [0.1, 0.15) is 16.8 Å². The quantitative estimate of drug-likeness (QED) is 0.328. The molecule has 0 saturated heterocycles. The van der Waals surface area contributed by atoms with Crippen LogP contribution in [-0.4, -0.2) is 15.3 Å². The summed E-state index contributed by atoms with van der Waals surface area (Å²) in [5, 5.41) is 0.482. The van der Waals surface area contributed by atoms with Crippen LogP contribution in [0.25, 0.3) is 5.69 Å². The Kier molecular flexibility index (Phi) is 5.81. The number of hydrogen-bond acceptors (Lipinski definition) is 4. The summed E-state index contributed by atoms with van der Waals surface area (Å²) in [7, 11) is 0. The zero-order chi connectivity index (χ0) is 20.6. The van der Waals surface area contributed by atoms with Crippen molar-refractivity contribution in [3.63, 3.8) is 0 Å². The Bertz CT molecular complexity index is 1110. The molecule has 0 fully saturated rings. The minimum absolute atomic E-state index is 0.133. The molecule has 1 aliphatic rings. The summed E-state index contributed by atoms with van der Waals surface area (Å²) in [6.45, 7) is 0. The molecule has 0 atom stereocenters. The highest BCUT2D eigenvalue weighted by atomic mass is 79.9. The molecule has 150 valence electrons. The molecule has 3 nitrogen and oxygen atoms in total. The van der Waals surface area contributed by atoms with E-state index in [9.17, 15) is 18.0 Å². The van der Waals surface area contributed by atoms with Crippen molar-refractivity contribution in [2.75, 3.05) is 5.75 Å². The number of benzene rings is 2. The maximum Gasteiger partial charge on any atom is 0.416 e. The van der Waals surface area contributed by atoms with E-state index in [1.165, 1.54) is 29.6 Å². The number of rotatable bonds is 4. The lowest BCUT2D eigenvalue weighted by molar-refractivity contribution is -0.137. The molecule has 0 amide bonds. The van der Waals surface area contributed by atoms with Gasteiger partial charge in [-0.05, 0) is 35.9 Å². The van der Waals surface area contributed by atoms with Crippen LogP contribution in [0.2, 0.25) is 0 Å². The number of thioether (sulfide) groups is 2. The van der Waals surface area contributed by atoms with Gasteiger partial charge in [0.2, 0.25) is 0 Å². The standard InChI is InChI=1S/C20H14BrF3N2OS2/c21-14-4-6-15(7-5-14)26-18(27)17-16(8-9-28-17)25-19(26)29-11-12-2-1-3-13(10-12)20(22,23)24/h1-7,10H,8-9,11H2. The van der Waals surface area contributed by atoms with E-state index in [0.717, 1.165) is 28.1 Å². The second-order valence-corrected chi connectivity index (χ2v) is 9.34. The molecule has 29 heavy (non-hydrogen) atoms. The highest BCUT2D eigenvalue weighted by Crippen LogP contribution is 2.33. The average molecular weight is 499 g/mol. The maximum absolute atomic E-state index is 13.1. The third-order valence-corrected chi connectivity index (χ3v) is 7.02. The molecule has 1 aromatic heterocycles. The molecule has 0 spiro atoms. The second-order valence-electron chi connectivity index (χ2n) is 6.37. The molecular weight excluding hydrogens is 485 g/mol. The van der Waals surface area contributed by atoms with Crippen molar-refractivity contribution in [2.45, 2.75) is 28.4 Å². The molecule has 2 aromatic carbocycles. The fourth-order valence-electron chi connectivity index (χ4n) is 2.99. The van der Waals surface area contributed by atoms with Crippen LogP contribution in [0.4, 0.5) is 13.2 Å². The monoisotopic (exact) mass is 498 g/mol. The Balaban J connectivity index is 1.71. The van der Waals surface area contributed by atoms with Gasteiger partial charge in [-0.2, -0.15) is 13.2 Å². The highest BCUT2D eigenvalue weighted by molar-refractivity contribution is 9.10. The summed E-state index contributed by atoms with van der Waals surface area (Å²) in [5.74, 6) is 1.08. The van der Waals surface area contributed by atoms with Crippen LogP contribution < -0.4 is 5.56 Å². The van der Waals surface area contributed by atoms with E-state index in [0.29, 0.717) is 27.7 Å². The molecule has 0 aliphatic carbocycles. The maximum atomic E-state index is 13.1. The van der Waals surface area contributed by atoms with Crippen molar-refractivity contribution in [2.24, 2.45) is 0 Å². The number of hydrogen-bond donors (Lipinski definition) is 0. The Morgan fingerprint density at radius 2 is 1.93 bits per heavy atom. The zero-order valence-corrected chi connectivity index (χ0v) is 18.1. The summed E-state index contributed by atoms with van der Waals surface area (Å²) in [6, 6.07) is 12.5. The fourth-order valence-corrected chi connectivity index (χ4v) is 5.25. The van der Waals surface area contributed by atoms with E-state index >= 15 is 0 Å². The average Bonchev–Trinajstić information content (AvgIpc) is 3.16. The lowest BCUT2D eigenvalue weighted by atomic mass is 10.1. The van der Waals surface area contributed by atoms with Gasteiger partial charge in [0, 0.05) is 22.4 Å². The third kappa shape index (κ3) is 4.41. The van der Waals surface area contributed by atoms with Gasteiger partial charge in [0.25, 0.3) is 5.56 Å². The summed E-state index contributed by atoms with van der Waals surface area (Å²) in [6.07, 6.45) is -3.67. The second kappa shape index (κ2) is 8.20. The smallest absolute Gasteiger partial charge is 0.268 e. The van der Waals surface area contributed by atoms with Gasteiger partial charge in [-0.25, -0.2) is 4.98 Å². The van der Waals surface area contributed by atoms with Gasteiger partial charge in [0.1, 0.15) is 0 Å². The molecule has 4 rings (SSSR count). The van der Waals surface area contributed by atoms with E-state index < -0.39 is 11.7 Å². The summed E-state index contributed by atoms with van der Waals surface area (Å²) in [5.41, 5.74) is 1.15. The molecule has 9 heteroatoms. The van der Waals surface area contributed by atoms with Crippen LogP contribution in [0, 0.1) is 0 Å². The van der Waals surface area contributed by atoms with E-state index in [4.69, 9.17) is 0 Å². The van der Waals surface area contributed by atoms with Crippen molar-refractivity contribution in [1.29, 1.82) is 0 Å². The van der Waals surface area contributed by atoms with Crippen molar-refractivity contribution >= 4 is 39.5 Å². The number of alkyl halides is 3. The van der Waals surface area contributed by atoms with Gasteiger partial charge in [0.05, 0.1) is 21.8 Å². The van der Waals surface area contributed by atoms with Crippen molar-refractivity contribution in [3.8, 4) is 5.69 Å². The van der Waals surface area contributed by atoms with Crippen LogP contribution in [0.3, 0.4) is 0 Å². The number of aryl methyl sites for hydroxylation is 1. The first kappa shape index (κ1) is 20.6. The molecule has 0 radical (unpaired) electrons. The normalized spacial score (nSPS) is 13.5. The zero-order valence-electron chi connectivity index (χ0n) is 14.9. The molecule has 3 aromatic rings. The van der Waals surface area contributed by atoms with Crippen LogP contribution in [0.5, 0.6) is 0 Å². The largest absolute Gasteiger partial charge is 0.416 e. The predicted molar refractivity (Wildman–Crippen MR) is 113 cm³/mol. The van der Waals surface area contributed by atoms with Crippen molar-refractivity contribution in [1.82, 2.24) is 9.55 Å². The van der Waals surface area contributed by atoms with Crippen LogP contribution >= 0.6 is 39.5 Å². The van der Waals surface area contributed by atoms with E-state index in [1.807, 2.05) is 24.3 Å². The highest BCUT2D eigenvalue weighted by Gasteiger charge is 2.30. The summed E-state index contributed by atoms with van der Waals surface area (Å²) >= 11 is 6.14. The summed E-state index contributed by atoms with van der Waals surface area (Å²) in [4.78, 5) is 18.4. The molecular formula is C20H14BrF3N2OS2. The third-order valence-electron chi connectivity index (χ3n) is 4.37. The van der Waals surface area contributed by atoms with Crippen LogP contribution in [-0.2, 0) is 18.3 Å². The number of nitrogens with zero attached hydrogens (tertiary/aromatic N) is 2. The van der Waals surface area contributed by atoms with Crippen molar-refractivity contribution < 1.29 is 13.2 Å². The van der Waals surface area contributed by atoms with Gasteiger partial charge in [-0.1, -0.05) is 45.9 Å². The van der Waals surface area contributed by atoms with E-state index in [1.54, 1.807) is 10.6 Å². The Morgan fingerprint density at radius 1 is 1.17 bits per heavy atom. The first-order chi connectivity index (χ1) is 13.8. The first-order valence-electron chi connectivity index (χ1n) is 8.66. The van der Waals surface area contributed by atoms with E-state index in [-0.39, 0.29) is 11.3 Å². The Morgan fingerprint density at radius 3 is 2.66 bits per heavy atom. The topological polar surface area (TPSA) is 34.9 Å². The summed E-state index contributed by atoms with van der Waals surface area (Å²) < 4.78 is 41.4. The number of aromatic nitrogens is 2. The predicted octanol–water partition coefficient (Wildman–Crippen LogP) is 5.95. The van der Waals surface area contributed by atoms with Gasteiger partial charge >= 0.3 is 6.18 Å². The Labute approximate surface area is 181 Å². The van der Waals surface area contributed by atoms with Gasteiger partial charge < -0.3 is 0 Å². The molecule has 0 bridgehead atoms. The molecule has 0 N–H and O–H groups in total. The minimum Gasteiger partial charge on any atom is -0.268 e. The van der Waals surface area contributed by atoms with Gasteiger partial charge in [-0.15, -0.1) is 11.8 Å². The molecule has 1 aliphatic heterocycles. The molecule has 2 heterocycles. The van der Waals surface area contributed by atoms with Gasteiger partial charge in [0.15, 0.2) is 5.16 Å². The fraction of sp³-hybridized carbons (Fsp3) is 0.200. The SMILES string of the molecule is O=c1c2c(nc(SCc3cccc(C(F)(F)F)c3)n1-c1ccc(Br)cc1)CCS2. The van der Waals surface area contributed by atoms with E-state index in [2.05, 4.69) is 20.9 Å². The van der Waals surface area contributed by atoms with Crippen molar-refractivity contribution in [3.05, 3.63) is 80.2 Å². The van der Waals surface area contributed by atoms with Crippen LogP contribution in [0.15, 0.2) is 67.9 Å². The molecule has 0 saturated carbocycles. The number of halogens is 4. The number of fused-ring (bicyclic) bond motifs is 1. The molecule has 0 unspecified atom stereocenters.